The van der Waals surface area contributed by atoms with Gasteiger partial charge < -0.3 is 0 Å². The van der Waals surface area contributed by atoms with E-state index in [0.29, 0.717) is 4.82 Å². The first-order valence-corrected chi connectivity index (χ1v) is 8.61. The molecule has 102 valence electrons. The van der Waals surface area contributed by atoms with E-state index >= 15 is 0 Å². The third-order valence-electron chi connectivity index (χ3n) is 3.41. The number of benzene rings is 2. The Balaban J connectivity index is 1.87. The van der Waals surface area contributed by atoms with E-state index in [1.54, 1.807) is 0 Å². The third kappa shape index (κ3) is 3.01. The maximum absolute atomic E-state index is 10.0. The molecule has 1 heterocycles. The summed E-state index contributed by atoms with van der Waals surface area (Å²) in [5.74, 6) is 0. The van der Waals surface area contributed by atoms with E-state index in [9.17, 15) is 5.11 Å². The molecule has 0 saturated heterocycles. The Hall–Kier alpha value is -1.41. The van der Waals surface area contributed by atoms with E-state index in [0.717, 1.165) is 16.6 Å². The van der Waals surface area contributed by atoms with Crippen LogP contribution < -0.4 is 0 Å². The van der Waals surface area contributed by atoms with Crippen molar-refractivity contribution in [2.45, 2.75) is 24.4 Å². The van der Waals surface area contributed by atoms with E-state index in [2.05, 4.69) is 60.4 Å². The summed E-state index contributed by atoms with van der Waals surface area (Å²) in [7, 11) is 0. The van der Waals surface area contributed by atoms with Crippen molar-refractivity contribution < 1.29 is 5.11 Å². The molecule has 0 bridgehead atoms. The first kappa shape index (κ1) is 13.6. The summed E-state index contributed by atoms with van der Waals surface area (Å²) >= 11 is 0.260. The summed E-state index contributed by atoms with van der Waals surface area (Å²) in [5, 5.41) is 10.0. The Morgan fingerprint density at radius 1 is 1.05 bits per heavy atom. The van der Waals surface area contributed by atoms with Crippen LogP contribution in [-0.4, -0.2) is 30.9 Å². The van der Waals surface area contributed by atoms with Gasteiger partial charge in [0, 0.05) is 0 Å². The first-order chi connectivity index (χ1) is 9.72. The van der Waals surface area contributed by atoms with Crippen LogP contribution in [0, 0.1) is 6.92 Å². The number of hydrogen-bond acceptors (Lipinski definition) is 2. The molecule has 0 radical (unpaired) electrons. The van der Waals surface area contributed by atoms with Gasteiger partial charge in [0.05, 0.1) is 0 Å². The minimum atomic E-state index is -0.577. The quantitative estimate of drug-likeness (QED) is 0.844. The predicted octanol–water partition coefficient (Wildman–Crippen LogP) is 2.91. The molecule has 0 amide bonds. The molecule has 0 saturated carbocycles. The van der Waals surface area contributed by atoms with E-state index in [1.165, 1.54) is 11.1 Å². The molecule has 2 aromatic rings. The number of nitrogens with zero attached hydrogens (tertiary/aromatic N) is 1. The summed E-state index contributed by atoms with van der Waals surface area (Å²) in [4.78, 5) is 4.87. The molecule has 2 aromatic carbocycles. The van der Waals surface area contributed by atoms with Crippen LogP contribution in [0.2, 0.25) is 0 Å². The van der Waals surface area contributed by atoms with E-state index in [-0.39, 0.29) is 15.0 Å². The number of aliphatic hydroxyl groups excluding tert-OH is 1. The Morgan fingerprint density at radius 2 is 1.75 bits per heavy atom. The van der Waals surface area contributed by atoms with Gasteiger partial charge in [0.25, 0.3) is 0 Å². The fourth-order valence-electron chi connectivity index (χ4n) is 2.30. The summed E-state index contributed by atoms with van der Waals surface area (Å²) in [6, 6.07) is 18.9. The number of aliphatic imine (C=N–C) groups is 1. The van der Waals surface area contributed by atoms with Gasteiger partial charge in [-0.05, 0) is 0 Å². The van der Waals surface area contributed by atoms with Crippen LogP contribution in [0.15, 0.2) is 59.6 Å². The molecule has 0 aromatic heterocycles. The van der Waals surface area contributed by atoms with Gasteiger partial charge in [-0.1, -0.05) is 0 Å². The summed E-state index contributed by atoms with van der Waals surface area (Å²) < 4.78 is 1.07. The zero-order valence-corrected chi connectivity index (χ0v) is 13.1. The van der Waals surface area contributed by atoms with Gasteiger partial charge in [0.15, 0.2) is 0 Å². The van der Waals surface area contributed by atoms with Gasteiger partial charge >= 0.3 is 125 Å². The van der Waals surface area contributed by atoms with Crippen LogP contribution in [0.25, 0.3) is 0 Å². The topological polar surface area (TPSA) is 32.6 Å². The average Bonchev–Trinajstić information content (AvgIpc) is 2.48. The van der Waals surface area contributed by atoms with Crippen molar-refractivity contribution in [3.05, 3.63) is 71.3 Å². The molecule has 1 aliphatic heterocycles. The zero-order valence-electron chi connectivity index (χ0n) is 11.4. The SMILES string of the molecule is Cc1ccc(C2=N[C@@H](O)C[C@@H](c3ccccc3)[Se]2)cc1. The molecule has 0 aliphatic carbocycles. The second-order valence-corrected chi connectivity index (χ2v) is 7.53. The standard InChI is InChI=1S/C17H17NOSe/c1-12-7-9-14(10-8-12)17-18-16(19)11-15(20-17)13-5-3-2-4-6-13/h2-10,15-16,19H,11H2,1H3/t15-,16-/m0/s1. The van der Waals surface area contributed by atoms with Crippen LogP contribution in [-0.2, 0) is 0 Å². The average molecular weight is 330 g/mol. The Labute approximate surface area is 125 Å². The fourth-order valence-corrected chi connectivity index (χ4v) is 5.00. The minimum absolute atomic E-state index is 0.260. The van der Waals surface area contributed by atoms with E-state index in [1.807, 2.05) is 6.07 Å². The number of rotatable bonds is 2. The third-order valence-corrected chi connectivity index (χ3v) is 6.17. The Kier molecular flexibility index (Phi) is 4.02. The predicted molar refractivity (Wildman–Crippen MR) is 83.3 cm³/mol. The number of aliphatic hydroxyl groups is 1. The van der Waals surface area contributed by atoms with Crippen LogP contribution in [0.5, 0.6) is 0 Å². The van der Waals surface area contributed by atoms with Crippen LogP contribution >= 0.6 is 0 Å². The van der Waals surface area contributed by atoms with Gasteiger partial charge in [-0.3, -0.25) is 0 Å². The molecule has 2 nitrogen and oxygen atoms in total. The van der Waals surface area contributed by atoms with Crippen LogP contribution in [0.1, 0.15) is 27.9 Å². The molecule has 3 rings (SSSR count). The zero-order chi connectivity index (χ0) is 13.9. The molecule has 2 atom stereocenters. The summed E-state index contributed by atoms with van der Waals surface area (Å²) in [6.45, 7) is 2.08. The molecule has 1 N–H and O–H groups in total. The van der Waals surface area contributed by atoms with Gasteiger partial charge in [-0.25, -0.2) is 0 Å². The van der Waals surface area contributed by atoms with Crippen molar-refractivity contribution in [2.24, 2.45) is 4.99 Å². The van der Waals surface area contributed by atoms with Crippen molar-refractivity contribution in [1.82, 2.24) is 0 Å². The monoisotopic (exact) mass is 331 g/mol. The molecular weight excluding hydrogens is 313 g/mol. The van der Waals surface area contributed by atoms with Crippen molar-refractivity contribution in [1.29, 1.82) is 0 Å². The van der Waals surface area contributed by atoms with Crippen molar-refractivity contribution >= 4 is 19.6 Å². The Bertz CT molecular complexity index is 607. The molecule has 20 heavy (non-hydrogen) atoms. The van der Waals surface area contributed by atoms with Gasteiger partial charge in [-0.15, -0.1) is 0 Å². The summed E-state index contributed by atoms with van der Waals surface area (Å²) in [6.07, 6.45) is 0.159. The van der Waals surface area contributed by atoms with Crippen molar-refractivity contribution in [3.8, 4) is 0 Å². The molecule has 0 unspecified atom stereocenters. The number of hydrogen-bond donors (Lipinski definition) is 1. The van der Waals surface area contributed by atoms with Crippen LogP contribution in [0.4, 0.5) is 0 Å². The second kappa shape index (κ2) is 5.92. The molecule has 0 fully saturated rings. The second-order valence-electron chi connectivity index (χ2n) is 5.03. The van der Waals surface area contributed by atoms with Gasteiger partial charge in [-0.2, -0.15) is 0 Å². The normalized spacial score (nSPS) is 22.4. The fraction of sp³-hybridized carbons (Fsp3) is 0.235. The molecule has 0 spiro atoms. The van der Waals surface area contributed by atoms with Gasteiger partial charge in [0.2, 0.25) is 0 Å². The molecule has 1 aliphatic rings. The van der Waals surface area contributed by atoms with E-state index < -0.39 is 6.23 Å². The first-order valence-electron chi connectivity index (χ1n) is 6.77. The van der Waals surface area contributed by atoms with Gasteiger partial charge in [0.1, 0.15) is 0 Å². The maximum atomic E-state index is 10.0. The summed E-state index contributed by atoms with van der Waals surface area (Å²) in [5.41, 5.74) is 3.71. The van der Waals surface area contributed by atoms with Crippen molar-refractivity contribution in [3.63, 3.8) is 0 Å². The van der Waals surface area contributed by atoms with E-state index in [4.69, 9.17) is 0 Å². The number of aryl methyl sites for hydroxylation is 1. The van der Waals surface area contributed by atoms with Crippen molar-refractivity contribution in [2.75, 3.05) is 0 Å². The molecule has 3 heteroatoms. The van der Waals surface area contributed by atoms with Crippen LogP contribution in [0.3, 0.4) is 0 Å². The Morgan fingerprint density at radius 3 is 2.45 bits per heavy atom. The molecular formula is C17H17NOSe.